The van der Waals surface area contributed by atoms with Crippen LogP contribution in [0, 0.1) is 0 Å². The summed E-state index contributed by atoms with van der Waals surface area (Å²) in [6.45, 7) is 4.91. The highest BCUT2D eigenvalue weighted by molar-refractivity contribution is 9.10. The number of barbiturate groups is 1. The Labute approximate surface area is 223 Å². The van der Waals surface area contributed by atoms with Crippen molar-refractivity contribution in [2.75, 3.05) is 18.1 Å². The summed E-state index contributed by atoms with van der Waals surface area (Å²) in [4.78, 5) is 39.2. The molecule has 1 heterocycles. The van der Waals surface area contributed by atoms with Crippen molar-refractivity contribution in [3.63, 3.8) is 0 Å². The predicted molar refractivity (Wildman–Crippen MR) is 143 cm³/mol. The molecule has 3 aromatic rings. The maximum atomic E-state index is 13.2. The molecule has 0 aliphatic carbocycles. The molecule has 9 heteroatoms. The van der Waals surface area contributed by atoms with Crippen molar-refractivity contribution < 1.29 is 28.6 Å². The summed E-state index contributed by atoms with van der Waals surface area (Å²) in [5.74, 6) is 0.0836. The maximum absolute atomic E-state index is 13.2. The smallest absolute Gasteiger partial charge is 0.335 e. The van der Waals surface area contributed by atoms with Crippen molar-refractivity contribution >= 4 is 45.5 Å². The zero-order valence-corrected chi connectivity index (χ0v) is 21.9. The molecule has 1 aliphatic heterocycles. The summed E-state index contributed by atoms with van der Waals surface area (Å²) in [7, 11) is 0. The Balaban J connectivity index is 1.59. The highest BCUT2D eigenvalue weighted by atomic mass is 79.9. The Kier molecular flexibility index (Phi) is 8.25. The second kappa shape index (κ2) is 11.7. The largest absolute Gasteiger partial charge is 0.494 e. The number of anilines is 1. The minimum Gasteiger partial charge on any atom is -0.494 e. The molecule has 37 heavy (non-hydrogen) atoms. The second-order valence-electron chi connectivity index (χ2n) is 7.90. The van der Waals surface area contributed by atoms with Crippen molar-refractivity contribution in [1.82, 2.24) is 5.32 Å². The van der Waals surface area contributed by atoms with Crippen LogP contribution in [0.5, 0.6) is 17.2 Å². The molecule has 190 valence electrons. The number of ether oxygens (including phenoxy) is 3. The van der Waals surface area contributed by atoms with Gasteiger partial charge in [-0.05, 0) is 68.0 Å². The van der Waals surface area contributed by atoms with Crippen LogP contribution in [0.3, 0.4) is 0 Å². The summed E-state index contributed by atoms with van der Waals surface area (Å²) >= 11 is 3.51. The first kappa shape index (κ1) is 26.0. The van der Waals surface area contributed by atoms with Crippen molar-refractivity contribution in [3.8, 4) is 17.2 Å². The molecule has 3 aromatic carbocycles. The van der Waals surface area contributed by atoms with Crippen LogP contribution >= 0.6 is 15.9 Å². The number of carbonyl (C=O) groups is 3. The fourth-order valence-electron chi connectivity index (χ4n) is 3.69. The van der Waals surface area contributed by atoms with Gasteiger partial charge in [0.25, 0.3) is 11.8 Å². The molecular formula is C28H25BrN2O6. The number of rotatable bonds is 9. The molecule has 0 atom stereocenters. The quantitative estimate of drug-likeness (QED) is 0.273. The van der Waals surface area contributed by atoms with Crippen LogP contribution < -0.4 is 24.4 Å². The van der Waals surface area contributed by atoms with Gasteiger partial charge in [0.05, 0.1) is 18.9 Å². The number of nitrogens with one attached hydrogen (secondary N) is 1. The van der Waals surface area contributed by atoms with Gasteiger partial charge >= 0.3 is 6.03 Å². The number of benzene rings is 3. The lowest BCUT2D eigenvalue weighted by molar-refractivity contribution is -0.122. The van der Waals surface area contributed by atoms with Gasteiger partial charge in [0.1, 0.15) is 17.9 Å². The third-order valence-electron chi connectivity index (χ3n) is 5.43. The minimum absolute atomic E-state index is 0.183. The molecule has 8 nitrogen and oxygen atoms in total. The Morgan fingerprint density at radius 1 is 0.865 bits per heavy atom. The Bertz CT molecular complexity index is 1350. The fraction of sp³-hybridized carbons (Fsp3) is 0.179. The van der Waals surface area contributed by atoms with Gasteiger partial charge in [-0.2, -0.15) is 0 Å². The van der Waals surface area contributed by atoms with Crippen molar-refractivity contribution in [3.05, 3.63) is 87.9 Å². The van der Waals surface area contributed by atoms with Crippen LogP contribution in [0.1, 0.15) is 25.0 Å². The number of amides is 4. The van der Waals surface area contributed by atoms with E-state index in [1.807, 2.05) is 38.1 Å². The highest BCUT2D eigenvalue weighted by Gasteiger charge is 2.36. The molecule has 0 spiro atoms. The van der Waals surface area contributed by atoms with E-state index in [0.717, 1.165) is 14.9 Å². The summed E-state index contributed by atoms with van der Waals surface area (Å²) < 4.78 is 18.1. The topological polar surface area (TPSA) is 94.2 Å². The molecule has 0 unspecified atom stereocenters. The van der Waals surface area contributed by atoms with E-state index < -0.39 is 17.8 Å². The molecule has 0 aromatic heterocycles. The van der Waals surface area contributed by atoms with E-state index in [9.17, 15) is 14.4 Å². The molecule has 4 amide bonds. The molecule has 1 N–H and O–H groups in total. The molecule has 1 fully saturated rings. The summed E-state index contributed by atoms with van der Waals surface area (Å²) in [6, 6.07) is 18.5. The Morgan fingerprint density at radius 3 is 2.30 bits per heavy atom. The molecule has 1 saturated heterocycles. The van der Waals surface area contributed by atoms with Gasteiger partial charge in [-0.15, -0.1) is 0 Å². The van der Waals surface area contributed by atoms with Crippen LogP contribution in [-0.4, -0.2) is 31.1 Å². The zero-order chi connectivity index (χ0) is 26.4. The van der Waals surface area contributed by atoms with E-state index in [0.29, 0.717) is 48.3 Å². The lowest BCUT2D eigenvalue weighted by Crippen LogP contribution is -2.54. The van der Waals surface area contributed by atoms with E-state index in [2.05, 4.69) is 21.2 Å². The fourth-order valence-corrected chi connectivity index (χ4v) is 4.09. The summed E-state index contributed by atoms with van der Waals surface area (Å²) in [5.41, 5.74) is 1.64. The normalized spacial score (nSPS) is 14.5. The predicted octanol–water partition coefficient (Wildman–Crippen LogP) is 5.49. The van der Waals surface area contributed by atoms with Gasteiger partial charge in [0.2, 0.25) is 0 Å². The standard InChI is InChI=1S/C28H25BrN2O6/c1-3-35-21-12-10-20(11-13-21)31-27(33)22(26(32)30-28(31)34)15-18-9-14-24(25(16-18)36-4-2)37-17-19-7-5-6-8-23(19)29/h5-16H,3-4,17H2,1-2H3,(H,30,32,34)/b22-15+. The number of carbonyl (C=O) groups excluding carboxylic acids is 3. The van der Waals surface area contributed by atoms with Gasteiger partial charge in [0, 0.05) is 10.0 Å². The van der Waals surface area contributed by atoms with Crippen LogP contribution in [0.2, 0.25) is 0 Å². The first-order valence-electron chi connectivity index (χ1n) is 11.7. The number of imide groups is 2. The van der Waals surface area contributed by atoms with E-state index in [-0.39, 0.29) is 5.57 Å². The highest BCUT2D eigenvalue weighted by Crippen LogP contribution is 2.32. The lowest BCUT2D eigenvalue weighted by atomic mass is 10.1. The minimum atomic E-state index is -0.817. The summed E-state index contributed by atoms with van der Waals surface area (Å²) in [5, 5.41) is 2.23. The third kappa shape index (κ3) is 6.00. The molecule has 0 bridgehead atoms. The molecule has 1 aliphatic rings. The van der Waals surface area contributed by atoms with Crippen LogP contribution in [0.4, 0.5) is 10.5 Å². The molecule has 4 rings (SSSR count). The van der Waals surface area contributed by atoms with Gasteiger partial charge in [-0.1, -0.05) is 40.2 Å². The van der Waals surface area contributed by atoms with Gasteiger partial charge in [-0.3, -0.25) is 14.9 Å². The summed E-state index contributed by atoms with van der Waals surface area (Å²) in [6.07, 6.45) is 1.42. The van der Waals surface area contributed by atoms with Gasteiger partial charge in [-0.25, -0.2) is 9.69 Å². The van der Waals surface area contributed by atoms with Crippen molar-refractivity contribution in [2.45, 2.75) is 20.5 Å². The second-order valence-corrected chi connectivity index (χ2v) is 8.76. The third-order valence-corrected chi connectivity index (χ3v) is 6.20. The zero-order valence-electron chi connectivity index (χ0n) is 20.3. The van der Waals surface area contributed by atoms with E-state index >= 15 is 0 Å². The van der Waals surface area contributed by atoms with Gasteiger partial charge in [0.15, 0.2) is 11.5 Å². The van der Waals surface area contributed by atoms with Crippen molar-refractivity contribution in [1.29, 1.82) is 0 Å². The number of hydrogen-bond donors (Lipinski definition) is 1. The number of halogens is 1. The molecule has 0 saturated carbocycles. The van der Waals surface area contributed by atoms with Crippen LogP contribution in [0.15, 0.2) is 76.8 Å². The Morgan fingerprint density at radius 2 is 1.59 bits per heavy atom. The van der Waals surface area contributed by atoms with E-state index in [1.54, 1.807) is 42.5 Å². The average Bonchev–Trinajstić information content (AvgIpc) is 2.88. The SMILES string of the molecule is CCOc1ccc(N2C(=O)NC(=O)/C(=C\c3ccc(OCc4ccccc4Br)c(OCC)c3)C2=O)cc1. The van der Waals surface area contributed by atoms with Crippen LogP contribution in [-0.2, 0) is 16.2 Å². The van der Waals surface area contributed by atoms with E-state index in [1.165, 1.54) is 6.08 Å². The molecular weight excluding hydrogens is 540 g/mol. The number of nitrogens with zero attached hydrogens (tertiary/aromatic N) is 1. The van der Waals surface area contributed by atoms with E-state index in [4.69, 9.17) is 14.2 Å². The first-order chi connectivity index (χ1) is 17.9. The number of hydrogen-bond acceptors (Lipinski definition) is 6. The number of urea groups is 1. The molecule has 0 radical (unpaired) electrons. The Hall–Kier alpha value is -4.11. The van der Waals surface area contributed by atoms with Gasteiger partial charge < -0.3 is 14.2 Å². The average molecular weight is 565 g/mol. The van der Waals surface area contributed by atoms with Crippen LogP contribution in [0.25, 0.3) is 6.08 Å². The van der Waals surface area contributed by atoms with Crippen molar-refractivity contribution in [2.24, 2.45) is 0 Å². The lowest BCUT2D eigenvalue weighted by Gasteiger charge is -2.26. The monoisotopic (exact) mass is 564 g/mol. The first-order valence-corrected chi connectivity index (χ1v) is 12.5. The maximum Gasteiger partial charge on any atom is 0.335 e.